The summed E-state index contributed by atoms with van der Waals surface area (Å²) in [6, 6.07) is 15.8. The Morgan fingerprint density at radius 3 is 2.53 bits per heavy atom. The number of ether oxygens (including phenoxy) is 1. The van der Waals surface area contributed by atoms with Crippen LogP contribution in [0, 0.1) is 6.92 Å². The van der Waals surface area contributed by atoms with Crippen molar-refractivity contribution >= 4 is 34.2 Å². The summed E-state index contributed by atoms with van der Waals surface area (Å²) in [7, 11) is 1.67. The number of aromatic nitrogens is 1. The van der Waals surface area contributed by atoms with Crippen molar-refractivity contribution in [3.63, 3.8) is 0 Å². The Morgan fingerprint density at radius 1 is 1.10 bits per heavy atom. The van der Waals surface area contributed by atoms with Gasteiger partial charge in [-0.1, -0.05) is 35.9 Å². The maximum atomic E-state index is 12.6. The number of piperazine rings is 1. The molecule has 2 aromatic carbocycles. The number of amides is 1. The van der Waals surface area contributed by atoms with Gasteiger partial charge in [0.1, 0.15) is 17.1 Å². The van der Waals surface area contributed by atoms with Gasteiger partial charge in [-0.2, -0.15) is 0 Å². The predicted octanol–water partition coefficient (Wildman–Crippen LogP) is 4.49. The fourth-order valence-electron chi connectivity index (χ4n) is 3.95. The van der Waals surface area contributed by atoms with Crippen LogP contribution in [0.4, 0.5) is 5.82 Å². The van der Waals surface area contributed by atoms with Crippen molar-refractivity contribution in [1.82, 2.24) is 9.88 Å². The summed E-state index contributed by atoms with van der Waals surface area (Å²) < 4.78 is 5.50. The number of pyridine rings is 1. The Hall–Kier alpha value is -2.79. The van der Waals surface area contributed by atoms with E-state index in [2.05, 4.69) is 24.0 Å². The molecule has 1 fully saturated rings. The molecule has 6 heteroatoms. The molecule has 0 radical (unpaired) electrons. The first-order valence-corrected chi connectivity index (χ1v) is 10.6. The minimum atomic E-state index is 0.203. The summed E-state index contributed by atoms with van der Waals surface area (Å²) in [4.78, 5) is 21.7. The van der Waals surface area contributed by atoms with Crippen LogP contribution >= 0.6 is 11.6 Å². The highest BCUT2D eigenvalue weighted by Gasteiger charge is 2.22. The zero-order chi connectivity index (χ0) is 21.1. The molecule has 1 aliphatic rings. The molecule has 2 heterocycles. The molecule has 0 spiro atoms. The lowest BCUT2D eigenvalue weighted by Gasteiger charge is -2.35. The number of hydrogen-bond acceptors (Lipinski definition) is 4. The molecule has 4 rings (SSSR count). The number of hydrogen-bond donors (Lipinski definition) is 0. The second kappa shape index (κ2) is 8.92. The average Bonchev–Trinajstić information content (AvgIpc) is 2.78. The maximum absolute atomic E-state index is 12.6. The van der Waals surface area contributed by atoms with Crippen molar-refractivity contribution in [3.8, 4) is 5.75 Å². The largest absolute Gasteiger partial charge is 0.494 e. The van der Waals surface area contributed by atoms with Gasteiger partial charge in [-0.15, -0.1) is 0 Å². The lowest BCUT2D eigenvalue weighted by atomic mass is 10.1. The highest BCUT2D eigenvalue weighted by Crippen LogP contribution is 2.29. The van der Waals surface area contributed by atoms with E-state index in [9.17, 15) is 4.79 Å². The molecule has 1 saturated heterocycles. The van der Waals surface area contributed by atoms with Gasteiger partial charge in [0.05, 0.1) is 7.11 Å². The fraction of sp³-hybridized carbons (Fsp3) is 0.333. The van der Waals surface area contributed by atoms with Gasteiger partial charge in [-0.3, -0.25) is 4.79 Å². The van der Waals surface area contributed by atoms with Crippen molar-refractivity contribution in [2.45, 2.75) is 19.8 Å². The molecule has 3 aromatic rings. The van der Waals surface area contributed by atoms with Crippen LogP contribution in [-0.4, -0.2) is 49.1 Å². The van der Waals surface area contributed by atoms with E-state index in [0.717, 1.165) is 52.6 Å². The zero-order valence-corrected chi connectivity index (χ0v) is 18.2. The molecule has 0 N–H and O–H groups in total. The van der Waals surface area contributed by atoms with E-state index in [4.69, 9.17) is 21.3 Å². The van der Waals surface area contributed by atoms with Gasteiger partial charge in [0.15, 0.2) is 0 Å². The lowest BCUT2D eigenvalue weighted by Crippen LogP contribution is -2.49. The predicted molar refractivity (Wildman–Crippen MR) is 122 cm³/mol. The van der Waals surface area contributed by atoms with Crippen LogP contribution in [0.2, 0.25) is 5.02 Å². The van der Waals surface area contributed by atoms with Gasteiger partial charge in [-0.25, -0.2) is 4.98 Å². The second-order valence-corrected chi connectivity index (χ2v) is 8.08. The monoisotopic (exact) mass is 423 g/mol. The number of benzene rings is 2. The van der Waals surface area contributed by atoms with E-state index >= 15 is 0 Å². The van der Waals surface area contributed by atoms with Gasteiger partial charge in [0.25, 0.3) is 0 Å². The first-order valence-electron chi connectivity index (χ1n) is 10.3. The quantitative estimate of drug-likeness (QED) is 0.606. The molecular weight excluding hydrogens is 398 g/mol. The molecule has 1 aliphatic heterocycles. The lowest BCUT2D eigenvalue weighted by molar-refractivity contribution is -0.131. The van der Waals surface area contributed by atoms with Gasteiger partial charge in [-0.05, 0) is 48.7 Å². The number of para-hydroxylation sites is 1. The summed E-state index contributed by atoms with van der Waals surface area (Å²) >= 11 is 5.93. The summed E-state index contributed by atoms with van der Waals surface area (Å²) in [6.45, 7) is 5.08. The molecule has 5 nitrogen and oxygen atoms in total. The Balaban J connectivity index is 1.39. The number of halogens is 1. The van der Waals surface area contributed by atoms with Crippen LogP contribution in [0.5, 0.6) is 5.75 Å². The zero-order valence-electron chi connectivity index (χ0n) is 17.4. The molecule has 156 valence electrons. The number of aryl methyl sites for hydroxylation is 2. The molecule has 30 heavy (non-hydrogen) atoms. The van der Waals surface area contributed by atoms with Gasteiger partial charge >= 0.3 is 0 Å². The van der Waals surface area contributed by atoms with Gasteiger partial charge in [0.2, 0.25) is 5.91 Å². The van der Waals surface area contributed by atoms with Crippen LogP contribution < -0.4 is 9.64 Å². The Bertz CT molecular complexity index is 1040. The summed E-state index contributed by atoms with van der Waals surface area (Å²) in [5.74, 6) is 1.93. The summed E-state index contributed by atoms with van der Waals surface area (Å²) in [5.41, 5.74) is 3.20. The van der Waals surface area contributed by atoms with Crippen LogP contribution in [0.15, 0.2) is 48.5 Å². The minimum Gasteiger partial charge on any atom is -0.494 e. The third kappa shape index (κ3) is 4.36. The van der Waals surface area contributed by atoms with Crippen molar-refractivity contribution in [1.29, 1.82) is 0 Å². The van der Waals surface area contributed by atoms with E-state index in [0.29, 0.717) is 19.5 Å². The molecule has 0 saturated carbocycles. The van der Waals surface area contributed by atoms with Crippen LogP contribution in [0.1, 0.15) is 17.5 Å². The van der Waals surface area contributed by atoms with Crippen LogP contribution in [0.3, 0.4) is 0 Å². The molecule has 0 bridgehead atoms. The first kappa shape index (κ1) is 20.5. The topological polar surface area (TPSA) is 45.7 Å². The molecule has 0 unspecified atom stereocenters. The SMILES string of the molecule is COc1cccc2c(C)cc(N3CCN(C(=O)CCc4ccc(Cl)cc4)CC3)nc12. The van der Waals surface area contributed by atoms with Gasteiger partial charge < -0.3 is 14.5 Å². The normalized spacial score (nSPS) is 14.2. The standard InChI is InChI=1S/C24H26ClN3O2/c1-17-16-22(26-24-20(17)4-3-5-21(24)30-2)27-12-14-28(15-13-27)23(29)11-8-18-6-9-19(25)10-7-18/h3-7,9-10,16H,8,11-15H2,1-2H3. The summed E-state index contributed by atoms with van der Waals surface area (Å²) in [6.07, 6.45) is 1.26. The molecule has 1 amide bonds. The first-order chi connectivity index (χ1) is 14.5. The highest BCUT2D eigenvalue weighted by atomic mass is 35.5. The van der Waals surface area contributed by atoms with E-state index in [1.54, 1.807) is 7.11 Å². The van der Waals surface area contributed by atoms with Crippen molar-refractivity contribution < 1.29 is 9.53 Å². The van der Waals surface area contributed by atoms with Crippen LogP contribution in [0.25, 0.3) is 10.9 Å². The highest BCUT2D eigenvalue weighted by molar-refractivity contribution is 6.30. The Kier molecular flexibility index (Phi) is 6.09. The molecular formula is C24H26ClN3O2. The minimum absolute atomic E-state index is 0.203. The number of anilines is 1. The van der Waals surface area contributed by atoms with Crippen molar-refractivity contribution in [2.75, 3.05) is 38.2 Å². The summed E-state index contributed by atoms with van der Waals surface area (Å²) in [5, 5.41) is 1.82. The van der Waals surface area contributed by atoms with E-state index in [1.165, 1.54) is 5.56 Å². The third-order valence-electron chi connectivity index (χ3n) is 5.71. The maximum Gasteiger partial charge on any atom is 0.223 e. The van der Waals surface area contributed by atoms with Gasteiger partial charge in [0, 0.05) is 43.0 Å². The number of carbonyl (C=O) groups excluding carboxylic acids is 1. The number of methoxy groups -OCH3 is 1. The number of carbonyl (C=O) groups is 1. The Morgan fingerprint density at radius 2 is 1.83 bits per heavy atom. The Labute approximate surface area is 182 Å². The van der Waals surface area contributed by atoms with E-state index in [-0.39, 0.29) is 5.91 Å². The molecule has 1 aromatic heterocycles. The fourth-order valence-corrected chi connectivity index (χ4v) is 4.07. The number of fused-ring (bicyclic) bond motifs is 1. The van der Waals surface area contributed by atoms with Crippen LogP contribution in [-0.2, 0) is 11.2 Å². The number of rotatable bonds is 5. The van der Waals surface area contributed by atoms with Crippen molar-refractivity contribution in [2.24, 2.45) is 0 Å². The van der Waals surface area contributed by atoms with E-state index in [1.807, 2.05) is 41.3 Å². The molecule has 0 aliphatic carbocycles. The third-order valence-corrected chi connectivity index (χ3v) is 5.96. The molecule has 0 atom stereocenters. The smallest absolute Gasteiger partial charge is 0.223 e. The number of nitrogens with zero attached hydrogens (tertiary/aromatic N) is 3. The average molecular weight is 424 g/mol. The van der Waals surface area contributed by atoms with Crippen molar-refractivity contribution in [3.05, 3.63) is 64.7 Å². The van der Waals surface area contributed by atoms with E-state index < -0.39 is 0 Å². The second-order valence-electron chi connectivity index (χ2n) is 7.65.